The van der Waals surface area contributed by atoms with E-state index in [4.69, 9.17) is 0 Å². The van der Waals surface area contributed by atoms with Gasteiger partial charge in [-0.05, 0) is 12.8 Å². The first-order valence-electron chi connectivity index (χ1n) is 2.66. The standard InChI is InChI=1S/C4H5F3O2S.Na/c5-4(6,7)9-10(8)3-1-2-3;/h3H,1-2H2;. The molecule has 1 aliphatic carbocycles. The summed E-state index contributed by atoms with van der Waals surface area (Å²) in [5, 5.41) is -0.387. The smallest absolute Gasteiger partial charge is 0.229 e. The molecule has 7 heteroatoms. The zero-order chi connectivity index (χ0) is 7.78. The zero-order valence-electron chi connectivity index (χ0n) is 5.85. The summed E-state index contributed by atoms with van der Waals surface area (Å²) in [5.74, 6) is 0. The van der Waals surface area contributed by atoms with E-state index < -0.39 is 17.4 Å². The Morgan fingerprint density at radius 3 is 2.09 bits per heavy atom. The first kappa shape index (κ1) is 11.9. The van der Waals surface area contributed by atoms with Gasteiger partial charge >= 0.3 is 6.36 Å². The molecule has 1 saturated carbocycles. The van der Waals surface area contributed by atoms with Gasteiger partial charge in [0.05, 0.1) is 5.25 Å². The van der Waals surface area contributed by atoms with Gasteiger partial charge < -0.3 is 0 Å². The Kier molecular flexibility index (Phi) is 4.57. The summed E-state index contributed by atoms with van der Waals surface area (Å²) >= 11 is -2.16. The maximum absolute atomic E-state index is 11.3. The van der Waals surface area contributed by atoms with Gasteiger partial charge in [0.2, 0.25) is 0 Å². The topological polar surface area (TPSA) is 26.3 Å². The molecule has 1 radical (unpaired) electrons. The molecule has 1 unspecified atom stereocenters. The third kappa shape index (κ3) is 5.19. The normalized spacial score (nSPS) is 20.6. The van der Waals surface area contributed by atoms with Crippen LogP contribution in [-0.4, -0.2) is 45.4 Å². The van der Waals surface area contributed by atoms with E-state index in [0.717, 1.165) is 0 Å². The van der Waals surface area contributed by atoms with Crippen LogP contribution in [0.1, 0.15) is 12.8 Å². The SMILES string of the molecule is O=S(OC(F)(F)F)C1CC1.[Na]. The molecule has 0 aromatic heterocycles. The number of rotatable bonds is 2. The van der Waals surface area contributed by atoms with Gasteiger partial charge in [0.15, 0.2) is 11.1 Å². The van der Waals surface area contributed by atoms with Crippen molar-refractivity contribution in [3.8, 4) is 0 Å². The fraction of sp³-hybridized carbons (Fsp3) is 1.00. The van der Waals surface area contributed by atoms with E-state index in [1.165, 1.54) is 0 Å². The Labute approximate surface area is 86.4 Å². The third-order valence-corrected chi connectivity index (χ3v) is 2.34. The first-order valence-corrected chi connectivity index (χ1v) is 3.79. The van der Waals surface area contributed by atoms with E-state index in [-0.39, 0.29) is 34.8 Å². The number of hydrogen-bond acceptors (Lipinski definition) is 2. The molecule has 1 rings (SSSR count). The average Bonchev–Trinajstić information content (AvgIpc) is 2.35. The predicted octanol–water partition coefficient (Wildman–Crippen LogP) is 0.968. The van der Waals surface area contributed by atoms with E-state index in [2.05, 4.69) is 4.18 Å². The molecule has 1 aliphatic rings. The molecule has 1 atom stereocenters. The minimum Gasteiger partial charge on any atom is -0.229 e. The Morgan fingerprint density at radius 2 is 1.82 bits per heavy atom. The Balaban J connectivity index is 0.000001000. The van der Waals surface area contributed by atoms with Crippen molar-refractivity contribution in [2.24, 2.45) is 0 Å². The first-order chi connectivity index (χ1) is 4.49. The summed E-state index contributed by atoms with van der Waals surface area (Å²) in [6.07, 6.45) is -3.61. The van der Waals surface area contributed by atoms with Crippen molar-refractivity contribution in [3.63, 3.8) is 0 Å². The molecule has 0 heterocycles. The van der Waals surface area contributed by atoms with Crippen molar-refractivity contribution in [1.29, 1.82) is 0 Å². The molecule has 11 heavy (non-hydrogen) atoms. The molecule has 0 aromatic carbocycles. The van der Waals surface area contributed by atoms with Gasteiger partial charge in [-0.25, -0.2) is 4.21 Å². The summed E-state index contributed by atoms with van der Waals surface area (Å²) in [5.41, 5.74) is 0. The van der Waals surface area contributed by atoms with E-state index in [9.17, 15) is 17.4 Å². The average molecular weight is 197 g/mol. The third-order valence-electron chi connectivity index (χ3n) is 0.973. The molecule has 0 spiro atoms. The second-order valence-electron chi connectivity index (χ2n) is 1.99. The summed E-state index contributed by atoms with van der Waals surface area (Å²) in [7, 11) is 0. The van der Waals surface area contributed by atoms with Gasteiger partial charge in [0.25, 0.3) is 0 Å². The largest absolute Gasteiger partial charge is 0.535 e. The summed E-state index contributed by atoms with van der Waals surface area (Å²) in [6, 6.07) is 0. The van der Waals surface area contributed by atoms with Crippen molar-refractivity contribution < 1.29 is 21.6 Å². The molecule has 2 nitrogen and oxygen atoms in total. The van der Waals surface area contributed by atoms with Crippen molar-refractivity contribution in [2.75, 3.05) is 0 Å². The fourth-order valence-corrected chi connectivity index (χ4v) is 1.26. The number of halogens is 3. The van der Waals surface area contributed by atoms with Gasteiger partial charge in [-0.1, -0.05) is 0 Å². The summed E-state index contributed by atoms with van der Waals surface area (Å²) in [6.45, 7) is 0. The van der Waals surface area contributed by atoms with E-state index in [1.807, 2.05) is 0 Å². The van der Waals surface area contributed by atoms with Gasteiger partial charge in [0.1, 0.15) is 0 Å². The predicted molar refractivity (Wildman–Crippen MR) is 34.1 cm³/mol. The van der Waals surface area contributed by atoms with Crippen LogP contribution >= 0.6 is 0 Å². The van der Waals surface area contributed by atoms with Crippen LogP contribution < -0.4 is 0 Å². The molecule has 0 saturated heterocycles. The minimum absolute atomic E-state index is 0. The van der Waals surface area contributed by atoms with Crippen molar-refractivity contribution in [1.82, 2.24) is 0 Å². The van der Waals surface area contributed by atoms with Gasteiger partial charge in [-0.3, -0.25) is 0 Å². The van der Waals surface area contributed by atoms with Gasteiger partial charge in [-0.15, -0.1) is 13.2 Å². The monoisotopic (exact) mass is 197 g/mol. The molecule has 0 bridgehead atoms. The van der Waals surface area contributed by atoms with Gasteiger partial charge in [0, 0.05) is 29.6 Å². The Hall–Kier alpha value is 0.900. The van der Waals surface area contributed by atoms with Crippen LogP contribution in [0.2, 0.25) is 0 Å². The molecular weight excluding hydrogens is 192 g/mol. The molecule has 0 amide bonds. The van der Waals surface area contributed by atoms with Crippen LogP contribution in [-0.2, 0) is 15.3 Å². The molecule has 0 aliphatic heterocycles. The molecule has 61 valence electrons. The van der Waals surface area contributed by atoms with Crippen molar-refractivity contribution in [2.45, 2.75) is 24.5 Å². The van der Waals surface area contributed by atoms with E-state index in [1.54, 1.807) is 0 Å². The van der Waals surface area contributed by atoms with E-state index in [0.29, 0.717) is 12.8 Å². The van der Waals surface area contributed by atoms with Crippen LogP contribution in [0.5, 0.6) is 0 Å². The minimum atomic E-state index is -4.76. The summed E-state index contributed by atoms with van der Waals surface area (Å²) in [4.78, 5) is 0. The second-order valence-corrected chi connectivity index (χ2v) is 3.34. The van der Waals surface area contributed by atoms with Crippen LogP contribution in [0.3, 0.4) is 0 Å². The maximum Gasteiger partial charge on any atom is 0.535 e. The van der Waals surface area contributed by atoms with Crippen LogP contribution in [0, 0.1) is 0 Å². The zero-order valence-corrected chi connectivity index (χ0v) is 8.67. The quantitative estimate of drug-likeness (QED) is 0.616. The Bertz CT molecular complexity index is 156. The van der Waals surface area contributed by atoms with Gasteiger partial charge in [-0.2, -0.15) is 4.18 Å². The fourth-order valence-electron chi connectivity index (χ4n) is 0.422. The second kappa shape index (κ2) is 4.23. The Morgan fingerprint density at radius 1 is 1.36 bits per heavy atom. The van der Waals surface area contributed by atoms with Crippen LogP contribution in [0.25, 0.3) is 0 Å². The van der Waals surface area contributed by atoms with Crippen LogP contribution in [0.4, 0.5) is 13.2 Å². The number of hydrogen-bond donors (Lipinski definition) is 0. The number of alkyl halides is 3. The maximum atomic E-state index is 11.3. The molecular formula is C4H5F3NaO2S. The van der Waals surface area contributed by atoms with Crippen molar-refractivity contribution in [3.05, 3.63) is 0 Å². The van der Waals surface area contributed by atoms with E-state index >= 15 is 0 Å². The van der Waals surface area contributed by atoms with Crippen molar-refractivity contribution >= 4 is 40.6 Å². The summed E-state index contributed by atoms with van der Waals surface area (Å²) < 4.78 is 47.5. The van der Waals surface area contributed by atoms with Crippen LogP contribution in [0.15, 0.2) is 0 Å². The molecule has 0 aromatic rings. The molecule has 1 fully saturated rings. The molecule has 0 N–H and O–H groups in total.